The van der Waals surface area contributed by atoms with Gasteiger partial charge in [-0.1, -0.05) is 30.3 Å². The quantitative estimate of drug-likeness (QED) is 0.227. The maximum absolute atomic E-state index is 10.7. The molecule has 0 aliphatic heterocycles. The first-order valence-corrected chi connectivity index (χ1v) is 15.1. The molecule has 2 rings (SSSR count). The summed E-state index contributed by atoms with van der Waals surface area (Å²) in [6, 6.07) is 14.3. The Bertz CT molecular complexity index is 1470. The molecule has 0 saturated heterocycles. The standard InChI is InChI=1S/C12H11N.4CHF3O3S.Ir/c1-10-7-8-13-12(9-10)11-5-3-2-4-6-11;4*2-1(3,4)8(5,6)7;/h2-9H,1H3;4*(H,5,6,7);/q;;;;;+4/p-4. The van der Waals surface area contributed by atoms with Gasteiger partial charge in [0, 0.05) is 11.8 Å². The largest absolute Gasteiger partial charge is 4.00 e. The summed E-state index contributed by atoms with van der Waals surface area (Å²) < 4.78 is 236. The van der Waals surface area contributed by atoms with Gasteiger partial charge in [-0.3, -0.25) is 4.98 Å². The van der Waals surface area contributed by atoms with Gasteiger partial charge in [-0.15, -0.1) is 0 Å². The second-order valence-electron chi connectivity index (χ2n) is 6.68. The van der Waals surface area contributed by atoms with Crippen LogP contribution in [0.5, 0.6) is 0 Å². The summed E-state index contributed by atoms with van der Waals surface area (Å²) in [5.74, 6) is 0. The van der Waals surface area contributed by atoms with E-state index in [0.29, 0.717) is 0 Å². The molecule has 0 aliphatic rings. The number of hydrogen-bond donors (Lipinski definition) is 0. The van der Waals surface area contributed by atoms with E-state index in [1.807, 2.05) is 30.5 Å². The average molecular weight is 958 g/mol. The van der Waals surface area contributed by atoms with E-state index in [9.17, 15) is 52.7 Å². The van der Waals surface area contributed by atoms with Crippen molar-refractivity contribution in [1.29, 1.82) is 0 Å². The van der Waals surface area contributed by atoms with Crippen LogP contribution in [0.25, 0.3) is 11.3 Å². The fourth-order valence-electron chi connectivity index (χ4n) is 1.30. The van der Waals surface area contributed by atoms with Gasteiger partial charge in [0.25, 0.3) is 0 Å². The van der Waals surface area contributed by atoms with E-state index in [1.165, 1.54) is 11.1 Å². The zero-order valence-corrected chi connectivity index (χ0v) is 26.6. The molecule has 0 unspecified atom stereocenters. The number of halogens is 12. The number of pyridine rings is 1. The van der Waals surface area contributed by atoms with Gasteiger partial charge in [0.2, 0.25) is 0 Å². The minimum Gasteiger partial charge on any atom is -0.741 e. The number of alkyl halides is 12. The third-order valence-electron chi connectivity index (χ3n) is 3.12. The van der Waals surface area contributed by atoms with E-state index >= 15 is 0 Å². The zero-order valence-electron chi connectivity index (χ0n) is 21.0. The molecule has 0 saturated carbocycles. The van der Waals surface area contributed by atoms with Crippen LogP contribution in [0, 0.1) is 6.92 Å². The Balaban J connectivity index is -0.000000244. The van der Waals surface area contributed by atoms with Gasteiger partial charge in [0.15, 0.2) is 40.5 Å². The van der Waals surface area contributed by atoms with Crippen molar-refractivity contribution in [2.24, 2.45) is 0 Å². The fraction of sp³-hybridized carbons (Fsp3) is 0.312. The normalized spacial score (nSPS) is 12.5. The Kier molecular flexibility index (Phi) is 20.3. The van der Waals surface area contributed by atoms with Crippen LogP contribution in [-0.2, 0) is 60.6 Å². The van der Waals surface area contributed by atoms with Crippen molar-refractivity contribution in [3.63, 3.8) is 0 Å². The summed E-state index contributed by atoms with van der Waals surface area (Å²) in [5, 5.41) is 0. The Labute approximate surface area is 264 Å². The predicted octanol–water partition coefficient (Wildman–Crippen LogP) is 3.26. The predicted molar refractivity (Wildman–Crippen MR) is 117 cm³/mol. The van der Waals surface area contributed by atoms with Crippen molar-refractivity contribution in [3.8, 4) is 11.3 Å². The summed E-state index contributed by atoms with van der Waals surface area (Å²) in [4.78, 5) is 4.31. The SMILES string of the molecule is Cc1ccnc(-c2ccccc2)c1.O=S(=O)([O-])C(F)(F)F.O=S(=O)([O-])C(F)(F)F.O=S(=O)([O-])C(F)(F)F.O=S(=O)([O-])C(F)(F)F.[Ir+4]. The van der Waals surface area contributed by atoms with Gasteiger partial charge in [-0.25, -0.2) is 33.7 Å². The molecular weight excluding hydrogens is 947 g/mol. The Morgan fingerprint density at radius 3 is 0.957 bits per heavy atom. The second kappa shape index (κ2) is 18.4. The van der Waals surface area contributed by atoms with Gasteiger partial charge in [-0.2, -0.15) is 52.7 Å². The van der Waals surface area contributed by atoms with Crippen molar-refractivity contribution in [3.05, 3.63) is 54.2 Å². The van der Waals surface area contributed by atoms with Gasteiger partial charge < -0.3 is 18.2 Å². The third-order valence-corrected chi connectivity index (χ3v) is 5.39. The minimum absolute atomic E-state index is 0. The topological polar surface area (TPSA) is 242 Å². The molecule has 0 aliphatic carbocycles. The molecule has 269 valence electrons. The molecule has 13 nitrogen and oxygen atoms in total. The summed E-state index contributed by atoms with van der Waals surface area (Å²) >= 11 is 0. The molecule has 1 radical (unpaired) electrons. The van der Waals surface area contributed by atoms with Gasteiger partial charge in [-0.05, 0) is 24.6 Å². The van der Waals surface area contributed by atoms with Crippen LogP contribution in [-0.4, -0.2) is 78.9 Å². The number of aryl methyl sites for hydroxylation is 1. The zero-order chi connectivity index (χ0) is 37.1. The molecule has 30 heteroatoms. The summed E-state index contributed by atoms with van der Waals surface area (Å²) in [7, 11) is -24.4. The van der Waals surface area contributed by atoms with Gasteiger partial charge in [0.05, 0.1) is 5.69 Å². The number of aromatic nitrogens is 1. The molecule has 1 aromatic carbocycles. The first kappa shape index (κ1) is 50.7. The van der Waals surface area contributed by atoms with E-state index in [0.717, 1.165) is 5.69 Å². The van der Waals surface area contributed by atoms with Crippen LogP contribution in [0.3, 0.4) is 0 Å². The Morgan fingerprint density at radius 2 is 0.761 bits per heavy atom. The molecule has 0 bridgehead atoms. The summed E-state index contributed by atoms with van der Waals surface area (Å²) in [6.07, 6.45) is 1.84. The first-order chi connectivity index (χ1) is 19.4. The van der Waals surface area contributed by atoms with Crippen molar-refractivity contribution in [2.45, 2.75) is 29.0 Å². The molecule has 0 N–H and O–H groups in total. The fourth-order valence-corrected chi connectivity index (χ4v) is 1.30. The van der Waals surface area contributed by atoms with E-state index in [4.69, 9.17) is 51.9 Å². The van der Waals surface area contributed by atoms with E-state index in [-0.39, 0.29) is 20.1 Å². The molecular formula is C16H11F12IrNO12S4. The van der Waals surface area contributed by atoms with Crippen LogP contribution in [0.4, 0.5) is 52.7 Å². The molecule has 0 atom stereocenters. The van der Waals surface area contributed by atoms with Crippen LogP contribution >= 0.6 is 0 Å². The average Bonchev–Trinajstić information content (AvgIpc) is 2.76. The second-order valence-corrected chi connectivity index (χ2v) is 12.2. The maximum atomic E-state index is 10.7. The van der Waals surface area contributed by atoms with Crippen molar-refractivity contribution >= 4 is 40.5 Å². The van der Waals surface area contributed by atoms with Crippen LogP contribution in [0.1, 0.15) is 5.56 Å². The number of rotatable bonds is 1. The van der Waals surface area contributed by atoms with Gasteiger partial charge in [0.1, 0.15) is 0 Å². The number of hydrogen-bond acceptors (Lipinski definition) is 13. The van der Waals surface area contributed by atoms with Crippen LogP contribution in [0.2, 0.25) is 0 Å². The molecule has 0 spiro atoms. The smallest absolute Gasteiger partial charge is 0.741 e. The number of nitrogens with zero attached hydrogens (tertiary/aromatic N) is 1. The maximum Gasteiger partial charge on any atom is 4.00 e. The Hall–Kier alpha value is -2.18. The van der Waals surface area contributed by atoms with E-state index in [2.05, 4.69) is 30.1 Å². The van der Waals surface area contributed by atoms with Crippen LogP contribution in [0.15, 0.2) is 48.7 Å². The molecule has 0 fully saturated rings. The third kappa shape index (κ3) is 22.4. The minimum atomic E-state index is -6.09. The first-order valence-electron chi connectivity index (χ1n) is 9.43. The molecule has 46 heavy (non-hydrogen) atoms. The van der Waals surface area contributed by atoms with Crippen molar-refractivity contribution < 1.29 is 125 Å². The molecule has 1 aromatic heterocycles. The molecule has 1 heterocycles. The molecule has 2 aromatic rings. The monoisotopic (exact) mass is 958 g/mol. The Morgan fingerprint density at radius 1 is 0.522 bits per heavy atom. The summed E-state index contributed by atoms with van der Waals surface area (Å²) in [6.45, 7) is 2.08. The molecule has 0 amide bonds. The van der Waals surface area contributed by atoms with Gasteiger partial charge >= 0.3 is 42.1 Å². The number of benzene rings is 1. The van der Waals surface area contributed by atoms with E-state index < -0.39 is 62.5 Å². The van der Waals surface area contributed by atoms with E-state index in [1.54, 1.807) is 0 Å². The van der Waals surface area contributed by atoms with Crippen molar-refractivity contribution in [2.75, 3.05) is 0 Å². The summed E-state index contributed by atoms with van der Waals surface area (Å²) in [5.41, 5.74) is -19.1. The van der Waals surface area contributed by atoms with Crippen LogP contribution < -0.4 is 0 Å². The van der Waals surface area contributed by atoms with Crippen molar-refractivity contribution in [1.82, 2.24) is 4.98 Å².